The van der Waals surface area contributed by atoms with E-state index >= 15 is 0 Å². The number of hydrogen-bond acceptors (Lipinski definition) is 12. The van der Waals surface area contributed by atoms with Crippen molar-refractivity contribution in [3.05, 3.63) is 0 Å². The first kappa shape index (κ1) is 26.0. The Morgan fingerprint density at radius 2 is 1.19 bits per heavy atom. The lowest BCUT2D eigenvalue weighted by molar-refractivity contribution is -0.117. The monoisotopic (exact) mass is 490 g/mol. The third kappa shape index (κ3) is 5.22. The van der Waals surface area contributed by atoms with E-state index < -0.39 is 21.3 Å². The maximum Gasteiger partial charge on any atom is 0.197 e. The summed E-state index contributed by atoms with van der Waals surface area (Å²) in [4.78, 5) is 5.43. The van der Waals surface area contributed by atoms with E-state index in [2.05, 4.69) is 34.5 Å². The second kappa shape index (κ2) is 9.95. The summed E-state index contributed by atoms with van der Waals surface area (Å²) in [6, 6.07) is 0.470. The Morgan fingerprint density at radius 1 is 0.812 bits per heavy atom. The smallest absolute Gasteiger partial charge is 0.197 e. The van der Waals surface area contributed by atoms with E-state index in [0.717, 1.165) is 62.3 Å². The van der Waals surface area contributed by atoms with E-state index in [1.165, 1.54) is 0 Å². The largest absolute Gasteiger partial charge is 0.378 e. The number of nitrogens with two attached hydrogens (primary N) is 2. The van der Waals surface area contributed by atoms with E-state index in [9.17, 15) is 20.4 Å². The van der Waals surface area contributed by atoms with Gasteiger partial charge < -0.3 is 42.5 Å². The number of amidine groups is 2. The van der Waals surface area contributed by atoms with Crippen molar-refractivity contribution >= 4 is 33.9 Å². The van der Waals surface area contributed by atoms with Gasteiger partial charge in [-0.25, -0.2) is 9.98 Å². The van der Waals surface area contributed by atoms with E-state index in [1.807, 2.05) is 0 Å². The van der Waals surface area contributed by atoms with Gasteiger partial charge in [0.05, 0.1) is 0 Å². The van der Waals surface area contributed by atoms with Crippen LogP contribution in [0.1, 0.15) is 65.2 Å². The zero-order valence-corrected chi connectivity index (χ0v) is 20.5. The summed E-state index contributed by atoms with van der Waals surface area (Å²) in [5.74, 6) is 0. The quantitative estimate of drug-likeness (QED) is 0.251. The first-order valence-corrected chi connectivity index (χ1v) is 13.1. The second-order valence-corrected chi connectivity index (χ2v) is 11.7. The lowest BCUT2D eigenvalue weighted by atomic mass is 9.85. The zero-order chi connectivity index (χ0) is 23.6. The minimum Gasteiger partial charge on any atom is -0.378 e. The molecule has 0 radical (unpaired) electrons. The summed E-state index contributed by atoms with van der Waals surface area (Å²) in [5, 5.41) is 48.5. The highest BCUT2D eigenvalue weighted by Crippen LogP contribution is 2.51. The van der Waals surface area contributed by atoms with Gasteiger partial charge in [0.2, 0.25) is 0 Å². The van der Waals surface area contributed by atoms with Crippen molar-refractivity contribution in [2.24, 2.45) is 21.5 Å². The number of nitrogens with one attached hydrogen (secondary N) is 2. The van der Waals surface area contributed by atoms with Crippen molar-refractivity contribution in [2.75, 3.05) is 13.1 Å². The van der Waals surface area contributed by atoms with Gasteiger partial charge in [-0.1, -0.05) is 13.8 Å². The number of aliphatic imine (C=N–C) groups is 2. The summed E-state index contributed by atoms with van der Waals surface area (Å²) in [6.45, 7) is 6.07. The zero-order valence-electron chi connectivity index (χ0n) is 18.9. The molecular weight excluding hydrogens is 452 g/mol. The summed E-state index contributed by atoms with van der Waals surface area (Å²) in [5.41, 5.74) is 8.40. The van der Waals surface area contributed by atoms with Crippen molar-refractivity contribution in [1.29, 1.82) is 0 Å². The molecule has 2 saturated carbocycles. The molecule has 0 saturated heterocycles. The normalized spacial score (nSPS) is 42.9. The van der Waals surface area contributed by atoms with Gasteiger partial charge in [0.25, 0.3) is 0 Å². The molecule has 6 atom stereocenters. The fourth-order valence-electron chi connectivity index (χ4n) is 4.68. The molecule has 184 valence electrons. The number of thioether (sulfide) groups is 2. The van der Waals surface area contributed by atoms with Crippen molar-refractivity contribution < 1.29 is 20.4 Å². The molecule has 0 spiro atoms. The molecule has 4 rings (SSSR count). The van der Waals surface area contributed by atoms with Gasteiger partial charge in [0.1, 0.15) is 0 Å². The average Bonchev–Trinajstić information content (AvgIpc) is 3.09. The number of hydrogen-bond donors (Lipinski definition) is 8. The van der Waals surface area contributed by atoms with Crippen LogP contribution in [-0.4, -0.2) is 77.3 Å². The Hall–Kier alpha value is -0.600. The predicted octanol–water partition coefficient (Wildman–Crippen LogP) is -0.0456. The van der Waals surface area contributed by atoms with E-state index in [1.54, 1.807) is 0 Å². The van der Waals surface area contributed by atoms with Crippen molar-refractivity contribution in [1.82, 2.24) is 10.6 Å². The number of rotatable bonds is 6. The molecule has 10 nitrogen and oxygen atoms in total. The summed E-state index contributed by atoms with van der Waals surface area (Å²) in [7, 11) is 0. The van der Waals surface area contributed by atoms with Gasteiger partial charge in [-0.15, -0.1) is 0 Å². The average molecular weight is 491 g/mol. The highest BCUT2D eigenvalue weighted by molar-refractivity contribution is 8.15. The molecule has 2 unspecified atom stereocenters. The fourth-order valence-corrected chi connectivity index (χ4v) is 6.95. The Bertz CT molecular complexity index is 685. The molecule has 12 heteroatoms. The Balaban J connectivity index is 0.000000181. The molecule has 0 amide bonds. The standard InChI is InChI=1S/2C10H19N3O2S/c2*1-2-5-12-7-3-4-9(14)10(15,6-7)16-8(11)13-9/h2*7,12,14-15H,2-6H2,1H3,(H2,11,13)/t2*7?,9-,10-/m10/s1. The lowest BCUT2D eigenvalue weighted by Crippen LogP contribution is -2.56. The molecule has 0 aromatic rings. The van der Waals surface area contributed by atoms with Crippen LogP contribution in [0.3, 0.4) is 0 Å². The van der Waals surface area contributed by atoms with Crippen LogP contribution in [0.25, 0.3) is 0 Å². The number of aliphatic hydroxyl groups is 4. The predicted molar refractivity (Wildman–Crippen MR) is 130 cm³/mol. The molecule has 10 N–H and O–H groups in total. The Morgan fingerprint density at radius 3 is 1.53 bits per heavy atom. The molecule has 4 aliphatic rings. The summed E-state index contributed by atoms with van der Waals surface area (Å²) < 4.78 is 0. The molecule has 2 heterocycles. The molecule has 2 fully saturated rings. The molecule has 32 heavy (non-hydrogen) atoms. The van der Waals surface area contributed by atoms with Gasteiger partial charge in [0, 0.05) is 37.8 Å². The minimum absolute atomic E-state index is 0.235. The summed E-state index contributed by atoms with van der Waals surface area (Å²) >= 11 is 2.16. The highest BCUT2D eigenvalue weighted by Gasteiger charge is 2.59. The van der Waals surface area contributed by atoms with Crippen molar-refractivity contribution in [3.8, 4) is 0 Å². The van der Waals surface area contributed by atoms with Crippen LogP contribution in [0.4, 0.5) is 0 Å². The highest BCUT2D eigenvalue weighted by atomic mass is 32.2. The van der Waals surface area contributed by atoms with E-state index in [4.69, 9.17) is 11.5 Å². The van der Waals surface area contributed by atoms with Crippen LogP contribution in [-0.2, 0) is 0 Å². The van der Waals surface area contributed by atoms with Crippen LogP contribution >= 0.6 is 23.5 Å². The first-order chi connectivity index (χ1) is 15.0. The van der Waals surface area contributed by atoms with Gasteiger partial charge in [0.15, 0.2) is 31.7 Å². The maximum absolute atomic E-state index is 10.4. The first-order valence-electron chi connectivity index (χ1n) is 11.4. The number of fused-ring (bicyclic) bond motifs is 2. The van der Waals surface area contributed by atoms with Crippen LogP contribution in [0.15, 0.2) is 9.98 Å². The number of nitrogens with zero attached hydrogens (tertiary/aromatic N) is 2. The van der Waals surface area contributed by atoms with Crippen LogP contribution in [0.5, 0.6) is 0 Å². The van der Waals surface area contributed by atoms with Crippen LogP contribution < -0.4 is 22.1 Å². The molecule has 0 bridgehead atoms. The van der Waals surface area contributed by atoms with Gasteiger partial charge >= 0.3 is 0 Å². The molecule has 2 aliphatic carbocycles. The SMILES string of the molecule is CCCNC1CC[C@@]2(O)N=C(N)S[C@@]2(O)C1.CCCNC1CC[C@]2(O)N=C(N)S[C@]2(O)C1. The van der Waals surface area contributed by atoms with E-state index in [0.29, 0.717) is 25.7 Å². The van der Waals surface area contributed by atoms with Crippen molar-refractivity contribution in [3.63, 3.8) is 0 Å². The van der Waals surface area contributed by atoms with Crippen molar-refractivity contribution in [2.45, 2.75) is 98.6 Å². The van der Waals surface area contributed by atoms with Gasteiger partial charge in [-0.3, -0.25) is 0 Å². The third-order valence-corrected chi connectivity index (χ3v) is 8.75. The Labute approximate surface area is 198 Å². The minimum atomic E-state index is -1.38. The van der Waals surface area contributed by atoms with Crippen LogP contribution in [0, 0.1) is 0 Å². The molecule has 0 aromatic carbocycles. The maximum atomic E-state index is 10.4. The molecule has 2 aliphatic heterocycles. The lowest BCUT2D eigenvalue weighted by Gasteiger charge is -2.42. The second-order valence-electron chi connectivity index (χ2n) is 9.09. The molecule has 0 aromatic heterocycles. The molecular formula is C20H38N6O4S2. The van der Waals surface area contributed by atoms with Crippen LogP contribution in [0.2, 0.25) is 0 Å². The van der Waals surface area contributed by atoms with Gasteiger partial charge in [-0.05, 0) is 62.3 Å². The third-order valence-electron chi connectivity index (χ3n) is 6.48. The van der Waals surface area contributed by atoms with Gasteiger partial charge in [-0.2, -0.15) is 0 Å². The topological polar surface area (TPSA) is 182 Å². The summed E-state index contributed by atoms with van der Waals surface area (Å²) in [6.07, 6.45) is 5.64. The van der Waals surface area contributed by atoms with E-state index in [-0.39, 0.29) is 22.4 Å². The fraction of sp³-hybridized carbons (Fsp3) is 0.900. The Kier molecular flexibility index (Phi) is 8.08.